The fraction of sp³-hybridized carbons (Fsp3) is 0.400. The molecule has 2 aromatic heterocycles. The smallest absolute Gasteiger partial charge is 0.233 e. The zero-order valence-electron chi connectivity index (χ0n) is 15.5. The second-order valence-electron chi connectivity index (χ2n) is 7.03. The number of hydrogen-bond acceptors (Lipinski definition) is 6. The fourth-order valence-corrected chi connectivity index (χ4v) is 4.27. The van der Waals surface area contributed by atoms with Crippen molar-refractivity contribution in [3.05, 3.63) is 40.4 Å². The maximum Gasteiger partial charge on any atom is 0.233 e. The van der Waals surface area contributed by atoms with Crippen LogP contribution in [0, 0.1) is 18.8 Å². The SMILES string of the molecule is Cc1nc(-c2ccc(CNC(=O)CCN3C(=O)[C@H]4CC=CC[C@@H]4C3=O)o2)cs1. The first-order valence-electron chi connectivity index (χ1n) is 9.31. The molecule has 3 heterocycles. The molecule has 7 nitrogen and oxygen atoms in total. The van der Waals surface area contributed by atoms with E-state index in [0.29, 0.717) is 24.4 Å². The number of carbonyl (C=O) groups excluding carboxylic acids is 3. The number of nitrogens with zero attached hydrogens (tertiary/aromatic N) is 2. The van der Waals surface area contributed by atoms with E-state index in [9.17, 15) is 14.4 Å². The van der Waals surface area contributed by atoms with E-state index >= 15 is 0 Å². The lowest BCUT2D eigenvalue weighted by atomic mass is 9.85. The molecule has 2 atom stereocenters. The molecule has 1 aliphatic heterocycles. The van der Waals surface area contributed by atoms with E-state index in [4.69, 9.17) is 4.42 Å². The Balaban J connectivity index is 1.27. The molecule has 0 aromatic carbocycles. The number of nitrogens with one attached hydrogen (secondary N) is 1. The summed E-state index contributed by atoms with van der Waals surface area (Å²) in [5.41, 5.74) is 0.780. The summed E-state index contributed by atoms with van der Waals surface area (Å²) in [6, 6.07) is 3.63. The first-order chi connectivity index (χ1) is 13.5. The lowest BCUT2D eigenvalue weighted by Crippen LogP contribution is -2.35. The lowest BCUT2D eigenvalue weighted by Gasteiger charge is -2.14. The highest BCUT2D eigenvalue weighted by Gasteiger charge is 2.46. The van der Waals surface area contributed by atoms with Crippen LogP contribution in [0.3, 0.4) is 0 Å². The maximum absolute atomic E-state index is 12.4. The van der Waals surface area contributed by atoms with Crippen LogP contribution >= 0.6 is 11.3 Å². The van der Waals surface area contributed by atoms with Crippen LogP contribution in [0.15, 0.2) is 34.1 Å². The number of aryl methyl sites for hydroxylation is 1. The Bertz CT molecular complexity index is 919. The van der Waals surface area contributed by atoms with Gasteiger partial charge in [0.25, 0.3) is 0 Å². The average Bonchev–Trinajstić information content (AvgIpc) is 3.39. The van der Waals surface area contributed by atoms with Crippen molar-refractivity contribution in [3.8, 4) is 11.5 Å². The third-order valence-electron chi connectivity index (χ3n) is 5.15. The molecule has 2 aromatic rings. The van der Waals surface area contributed by atoms with Crippen molar-refractivity contribution in [3.63, 3.8) is 0 Å². The van der Waals surface area contributed by atoms with E-state index in [1.807, 2.05) is 30.5 Å². The van der Waals surface area contributed by atoms with E-state index in [0.717, 1.165) is 10.7 Å². The third-order valence-corrected chi connectivity index (χ3v) is 5.93. The van der Waals surface area contributed by atoms with E-state index in [-0.39, 0.29) is 49.1 Å². The van der Waals surface area contributed by atoms with Crippen LogP contribution in [0.1, 0.15) is 30.0 Å². The van der Waals surface area contributed by atoms with Crippen LogP contribution in [0.25, 0.3) is 11.5 Å². The van der Waals surface area contributed by atoms with Crippen molar-refractivity contribution in [1.29, 1.82) is 0 Å². The topological polar surface area (TPSA) is 92.5 Å². The van der Waals surface area contributed by atoms with Gasteiger partial charge in [-0.2, -0.15) is 0 Å². The molecule has 2 aliphatic rings. The van der Waals surface area contributed by atoms with Crippen molar-refractivity contribution in [2.24, 2.45) is 11.8 Å². The molecule has 28 heavy (non-hydrogen) atoms. The van der Waals surface area contributed by atoms with Crippen LogP contribution in [0.5, 0.6) is 0 Å². The summed E-state index contributed by atoms with van der Waals surface area (Å²) < 4.78 is 5.71. The quantitative estimate of drug-likeness (QED) is 0.595. The van der Waals surface area contributed by atoms with Gasteiger partial charge in [-0.15, -0.1) is 11.3 Å². The average molecular weight is 399 g/mol. The molecule has 4 rings (SSSR count). The fourth-order valence-electron chi connectivity index (χ4n) is 3.66. The molecule has 8 heteroatoms. The van der Waals surface area contributed by atoms with Crippen LogP contribution in [0.4, 0.5) is 0 Å². The Morgan fingerprint density at radius 3 is 2.61 bits per heavy atom. The predicted molar refractivity (Wildman–Crippen MR) is 103 cm³/mol. The summed E-state index contributed by atoms with van der Waals surface area (Å²) in [6.07, 6.45) is 5.21. The van der Waals surface area contributed by atoms with Crippen molar-refractivity contribution >= 4 is 29.1 Å². The number of likely N-dealkylation sites (tertiary alicyclic amines) is 1. The van der Waals surface area contributed by atoms with Gasteiger partial charge in [0.15, 0.2) is 5.76 Å². The van der Waals surface area contributed by atoms with Gasteiger partial charge >= 0.3 is 0 Å². The van der Waals surface area contributed by atoms with Gasteiger partial charge in [-0.25, -0.2) is 4.98 Å². The number of furan rings is 1. The van der Waals surface area contributed by atoms with E-state index in [2.05, 4.69) is 10.3 Å². The minimum Gasteiger partial charge on any atom is -0.458 e. The molecule has 0 bridgehead atoms. The van der Waals surface area contributed by atoms with Gasteiger partial charge in [-0.3, -0.25) is 19.3 Å². The molecule has 0 saturated carbocycles. The van der Waals surface area contributed by atoms with Crippen LogP contribution < -0.4 is 5.32 Å². The highest BCUT2D eigenvalue weighted by atomic mass is 32.1. The second-order valence-corrected chi connectivity index (χ2v) is 8.09. The normalized spacial score (nSPS) is 21.2. The van der Waals surface area contributed by atoms with Gasteiger partial charge in [0.1, 0.15) is 11.5 Å². The Kier molecular flexibility index (Phi) is 5.13. The zero-order valence-corrected chi connectivity index (χ0v) is 16.3. The molecule has 146 valence electrons. The number of rotatable bonds is 6. The van der Waals surface area contributed by atoms with E-state index in [1.165, 1.54) is 4.90 Å². The number of thiazole rings is 1. The summed E-state index contributed by atoms with van der Waals surface area (Å²) >= 11 is 1.55. The second kappa shape index (κ2) is 7.71. The Morgan fingerprint density at radius 1 is 1.25 bits per heavy atom. The number of fused-ring (bicyclic) bond motifs is 1. The zero-order chi connectivity index (χ0) is 19.7. The maximum atomic E-state index is 12.4. The van der Waals surface area contributed by atoms with Crippen molar-refractivity contribution in [2.45, 2.75) is 32.7 Å². The summed E-state index contributed by atoms with van der Waals surface area (Å²) in [6.45, 7) is 2.30. The Morgan fingerprint density at radius 2 is 1.96 bits per heavy atom. The molecule has 0 spiro atoms. The Hall–Kier alpha value is -2.74. The summed E-state index contributed by atoms with van der Waals surface area (Å²) in [5, 5.41) is 5.66. The largest absolute Gasteiger partial charge is 0.458 e. The first-order valence-corrected chi connectivity index (χ1v) is 10.2. The lowest BCUT2D eigenvalue weighted by molar-refractivity contribution is -0.140. The minimum absolute atomic E-state index is 0.0865. The molecule has 0 unspecified atom stereocenters. The van der Waals surface area contributed by atoms with Gasteiger partial charge in [-0.1, -0.05) is 12.2 Å². The number of hydrogen-bond donors (Lipinski definition) is 1. The standard InChI is InChI=1S/C20H21N3O4S/c1-12-22-16(11-28-12)17-7-6-13(27-17)10-21-18(24)8-9-23-19(25)14-4-2-3-5-15(14)20(23)26/h2-3,6-7,11,14-15H,4-5,8-10H2,1H3,(H,21,24)/t14-,15-/m0/s1. The monoisotopic (exact) mass is 399 g/mol. The van der Waals surface area contributed by atoms with Gasteiger partial charge in [0.2, 0.25) is 17.7 Å². The molecule has 1 N–H and O–H groups in total. The predicted octanol–water partition coefficient (Wildman–Crippen LogP) is 2.67. The van der Waals surface area contributed by atoms with Crippen LogP contribution in [0.2, 0.25) is 0 Å². The van der Waals surface area contributed by atoms with Gasteiger partial charge in [0, 0.05) is 18.3 Å². The van der Waals surface area contributed by atoms with Crippen molar-refractivity contribution in [2.75, 3.05) is 6.54 Å². The first kappa shape index (κ1) is 18.6. The highest BCUT2D eigenvalue weighted by Crippen LogP contribution is 2.35. The van der Waals surface area contributed by atoms with Crippen LogP contribution in [-0.2, 0) is 20.9 Å². The van der Waals surface area contributed by atoms with Gasteiger partial charge in [0.05, 0.1) is 23.4 Å². The third kappa shape index (κ3) is 3.64. The number of imide groups is 1. The summed E-state index contributed by atoms with van der Waals surface area (Å²) in [4.78, 5) is 42.6. The minimum atomic E-state index is -0.253. The molecule has 1 aliphatic carbocycles. The van der Waals surface area contributed by atoms with Crippen LogP contribution in [-0.4, -0.2) is 34.2 Å². The number of allylic oxidation sites excluding steroid dienone is 2. The Labute approximate surface area is 166 Å². The molecular weight excluding hydrogens is 378 g/mol. The summed E-state index contributed by atoms with van der Waals surface area (Å²) in [7, 11) is 0. The number of aromatic nitrogens is 1. The van der Waals surface area contributed by atoms with Gasteiger partial charge in [-0.05, 0) is 31.9 Å². The molecular formula is C20H21N3O4S. The van der Waals surface area contributed by atoms with E-state index in [1.54, 1.807) is 17.4 Å². The number of amides is 3. The van der Waals surface area contributed by atoms with E-state index < -0.39 is 0 Å². The van der Waals surface area contributed by atoms with Gasteiger partial charge < -0.3 is 9.73 Å². The molecule has 1 fully saturated rings. The van der Waals surface area contributed by atoms with Crippen molar-refractivity contribution in [1.82, 2.24) is 15.2 Å². The highest BCUT2D eigenvalue weighted by molar-refractivity contribution is 7.09. The molecule has 1 saturated heterocycles. The van der Waals surface area contributed by atoms with Crippen molar-refractivity contribution < 1.29 is 18.8 Å². The number of carbonyl (C=O) groups is 3. The molecule has 0 radical (unpaired) electrons. The summed E-state index contributed by atoms with van der Waals surface area (Å²) in [5.74, 6) is 0.254. The molecule has 3 amide bonds.